The summed E-state index contributed by atoms with van der Waals surface area (Å²) < 4.78 is 37.6. The molecule has 0 saturated carbocycles. The highest BCUT2D eigenvalue weighted by atomic mass is 32.1. The number of unbranched alkanes of at least 4 members (excludes halogenated alkanes) is 8. The number of ether oxygens (including phenoxy) is 7. The first-order valence-corrected chi connectivity index (χ1v) is 13.8. The third-order valence-electron chi connectivity index (χ3n) is 4.92. The molecule has 210 valence electrons. The van der Waals surface area contributed by atoms with Crippen molar-refractivity contribution in [2.75, 3.05) is 98.2 Å². The maximum atomic E-state index is 10.5. The van der Waals surface area contributed by atoms with Crippen LogP contribution in [-0.4, -0.2) is 104 Å². The van der Waals surface area contributed by atoms with Crippen LogP contribution in [0.2, 0.25) is 0 Å². The molecule has 1 amide bonds. The first-order chi connectivity index (χ1) is 17.3. The van der Waals surface area contributed by atoms with Gasteiger partial charge in [0.15, 0.2) is 0 Å². The normalized spacial score (nSPS) is 11.3. The predicted molar refractivity (Wildman–Crippen MR) is 140 cm³/mol. The van der Waals surface area contributed by atoms with Crippen LogP contribution in [0.1, 0.15) is 57.8 Å². The van der Waals surface area contributed by atoms with Gasteiger partial charge in [-0.3, -0.25) is 4.79 Å². The first-order valence-electron chi connectivity index (χ1n) is 13.2. The van der Waals surface area contributed by atoms with Gasteiger partial charge in [0, 0.05) is 6.61 Å². The molecule has 0 fully saturated rings. The summed E-state index contributed by atoms with van der Waals surface area (Å²) in [6, 6.07) is 0. The summed E-state index contributed by atoms with van der Waals surface area (Å²) in [5, 5.41) is 0. The summed E-state index contributed by atoms with van der Waals surface area (Å²) in [5.41, 5.74) is 4.95. The lowest BCUT2D eigenvalue weighted by molar-refractivity contribution is -0.123. The average molecular weight is 526 g/mol. The molecule has 0 aromatic rings. The Bertz CT molecular complexity index is 421. The fourth-order valence-corrected chi connectivity index (χ4v) is 3.27. The summed E-state index contributed by atoms with van der Waals surface area (Å²) >= 11 is 4.24. The molecular weight excluding hydrogens is 474 g/mol. The molecule has 0 atom stereocenters. The Kier molecular flexibility index (Phi) is 31.2. The molecule has 0 aliphatic rings. The Morgan fingerprint density at radius 1 is 0.429 bits per heavy atom. The zero-order valence-corrected chi connectivity index (χ0v) is 22.7. The van der Waals surface area contributed by atoms with Gasteiger partial charge < -0.3 is 38.9 Å². The molecule has 0 unspecified atom stereocenters. The molecule has 0 aliphatic carbocycles. The molecule has 0 saturated heterocycles. The number of hydrogen-bond acceptors (Lipinski definition) is 9. The second kappa shape index (κ2) is 31.6. The van der Waals surface area contributed by atoms with E-state index in [4.69, 9.17) is 38.9 Å². The zero-order chi connectivity index (χ0) is 25.5. The van der Waals surface area contributed by atoms with E-state index in [1.165, 1.54) is 51.4 Å². The van der Waals surface area contributed by atoms with Gasteiger partial charge in [-0.25, -0.2) is 0 Å². The second-order valence-electron chi connectivity index (χ2n) is 8.10. The summed E-state index contributed by atoms with van der Waals surface area (Å²) in [6.07, 6.45) is 11.7. The van der Waals surface area contributed by atoms with Crippen LogP contribution >= 0.6 is 12.6 Å². The number of carbonyl (C=O) groups excluding carboxylic acids is 1. The van der Waals surface area contributed by atoms with Crippen molar-refractivity contribution in [1.29, 1.82) is 0 Å². The van der Waals surface area contributed by atoms with Crippen LogP contribution in [0.25, 0.3) is 0 Å². The molecular formula is C25H51NO8S. The quantitative estimate of drug-likeness (QED) is 0.105. The van der Waals surface area contributed by atoms with Crippen LogP contribution in [0.3, 0.4) is 0 Å². The van der Waals surface area contributed by atoms with Crippen LogP contribution in [0.5, 0.6) is 0 Å². The van der Waals surface area contributed by atoms with E-state index in [9.17, 15) is 4.79 Å². The lowest BCUT2D eigenvalue weighted by atomic mass is 10.1. The van der Waals surface area contributed by atoms with Gasteiger partial charge in [0.2, 0.25) is 5.91 Å². The Balaban J connectivity index is 3.01. The topological polar surface area (TPSA) is 108 Å². The Hall–Kier alpha value is -0.460. The van der Waals surface area contributed by atoms with Gasteiger partial charge in [0.05, 0.1) is 79.3 Å². The van der Waals surface area contributed by atoms with Crippen LogP contribution in [0.15, 0.2) is 0 Å². The van der Waals surface area contributed by atoms with Crippen LogP contribution < -0.4 is 5.73 Å². The second-order valence-corrected chi connectivity index (χ2v) is 8.55. The van der Waals surface area contributed by atoms with E-state index in [2.05, 4.69) is 12.6 Å². The van der Waals surface area contributed by atoms with Crippen molar-refractivity contribution in [1.82, 2.24) is 0 Å². The SMILES string of the molecule is NC(=O)COCCOCCOCCOCCOCCOCCOCCCCCCCCCCCS. The molecule has 9 nitrogen and oxygen atoms in total. The van der Waals surface area contributed by atoms with E-state index in [-0.39, 0.29) is 6.61 Å². The summed E-state index contributed by atoms with van der Waals surface area (Å²) in [5.74, 6) is 0.535. The van der Waals surface area contributed by atoms with Crippen LogP contribution in [0, 0.1) is 0 Å². The van der Waals surface area contributed by atoms with E-state index in [0.717, 1.165) is 18.8 Å². The Morgan fingerprint density at radius 2 is 0.714 bits per heavy atom. The van der Waals surface area contributed by atoms with E-state index >= 15 is 0 Å². The van der Waals surface area contributed by atoms with E-state index in [0.29, 0.717) is 79.3 Å². The lowest BCUT2D eigenvalue weighted by Gasteiger charge is -2.08. The molecule has 0 heterocycles. The average Bonchev–Trinajstić information content (AvgIpc) is 2.85. The molecule has 0 bridgehead atoms. The lowest BCUT2D eigenvalue weighted by Crippen LogP contribution is -2.20. The predicted octanol–water partition coefficient (Wildman–Crippen LogP) is 3.03. The largest absolute Gasteiger partial charge is 0.379 e. The number of rotatable bonds is 31. The highest BCUT2D eigenvalue weighted by Crippen LogP contribution is 2.10. The number of hydrogen-bond donors (Lipinski definition) is 2. The van der Waals surface area contributed by atoms with Gasteiger partial charge >= 0.3 is 0 Å². The molecule has 0 rings (SSSR count). The van der Waals surface area contributed by atoms with Crippen molar-refractivity contribution in [3.8, 4) is 0 Å². The molecule has 0 radical (unpaired) electrons. The molecule has 0 aliphatic heterocycles. The van der Waals surface area contributed by atoms with Gasteiger partial charge in [-0.2, -0.15) is 12.6 Å². The van der Waals surface area contributed by atoms with Crippen molar-refractivity contribution >= 4 is 18.5 Å². The van der Waals surface area contributed by atoms with E-state index < -0.39 is 5.91 Å². The van der Waals surface area contributed by atoms with Crippen molar-refractivity contribution in [2.45, 2.75) is 57.8 Å². The van der Waals surface area contributed by atoms with Gasteiger partial charge in [0.1, 0.15) is 6.61 Å². The minimum atomic E-state index is -0.485. The fourth-order valence-electron chi connectivity index (χ4n) is 3.05. The highest BCUT2D eigenvalue weighted by Gasteiger charge is 1.96. The van der Waals surface area contributed by atoms with Crippen LogP contribution in [0.4, 0.5) is 0 Å². The summed E-state index contributed by atoms with van der Waals surface area (Å²) in [6.45, 7) is 6.85. The fraction of sp³-hybridized carbons (Fsp3) is 0.960. The highest BCUT2D eigenvalue weighted by molar-refractivity contribution is 7.80. The molecule has 0 aromatic carbocycles. The van der Waals surface area contributed by atoms with E-state index in [1.807, 2.05) is 0 Å². The third kappa shape index (κ3) is 33.5. The molecule has 2 N–H and O–H groups in total. The first kappa shape index (κ1) is 34.5. The van der Waals surface area contributed by atoms with Crippen LogP contribution in [-0.2, 0) is 38.0 Å². The van der Waals surface area contributed by atoms with Gasteiger partial charge in [-0.05, 0) is 18.6 Å². The summed E-state index contributed by atoms with van der Waals surface area (Å²) in [7, 11) is 0. The monoisotopic (exact) mass is 525 g/mol. The molecule has 35 heavy (non-hydrogen) atoms. The number of thiol groups is 1. The number of amides is 1. The number of nitrogens with two attached hydrogens (primary N) is 1. The molecule has 0 aromatic heterocycles. The minimum Gasteiger partial charge on any atom is -0.379 e. The van der Waals surface area contributed by atoms with Crippen molar-refractivity contribution < 1.29 is 38.0 Å². The van der Waals surface area contributed by atoms with Gasteiger partial charge in [0.25, 0.3) is 0 Å². The summed E-state index contributed by atoms with van der Waals surface area (Å²) in [4.78, 5) is 10.5. The minimum absolute atomic E-state index is 0.0821. The van der Waals surface area contributed by atoms with Gasteiger partial charge in [-0.1, -0.05) is 44.9 Å². The standard InChI is InChI=1S/C25H51NO8S/c26-25(27)24-34-22-21-33-20-19-32-18-17-31-16-15-30-14-13-29-12-11-28-10-8-6-4-2-1-3-5-7-9-23-35/h35H,1-24H2,(H2,26,27). The number of primary amides is 1. The molecule has 0 spiro atoms. The van der Waals surface area contributed by atoms with E-state index in [1.54, 1.807) is 0 Å². The Morgan fingerprint density at radius 3 is 1.06 bits per heavy atom. The van der Waals surface area contributed by atoms with Crippen molar-refractivity contribution in [3.05, 3.63) is 0 Å². The zero-order valence-electron chi connectivity index (χ0n) is 21.8. The van der Waals surface area contributed by atoms with Crippen molar-refractivity contribution in [2.24, 2.45) is 5.73 Å². The number of carbonyl (C=O) groups is 1. The smallest absolute Gasteiger partial charge is 0.243 e. The Labute approximate surface area is 218 Å². The van der Waals surface area contributed by atoms with Gasteiger partial charge in [-0.15, -0.1) is 0 Å². The maximum Gasteiger partial charge on any atom is 0.243 e. The van der Waals surface area contributed by atoms with Crippen molar-refractivity contribution in [3.63, 3.8) is 0 Å². The third-order valence-corrected chi connectivity index (χ3v) is 5.24. The maximum absolute atomic E-state index is 10.5. The molecule has 10 heteroatoms.